The van der Waals surface area contributed by atoms with Gasteiger partial charge in [0.25, 0.3) is 0 Å². The molecule has 21 heavy (non-hydrogen) atoms. The molecule has 1 N–H and O–H groups in total. The molecular formula is C17H21NO3. The zero-order valence-electron chi connectivity index (χ0n) is 12.5. The van der Waals surface area contributed by atoms with Crippen LogP contribution in [0, 0.1) is 12.8 Å². The lowest BCUT2D eigenvalue weighted by molar-refractivity contribution is -0.129. The van der Waals surface area contributed by atoms with Crippen LogP contribution in [-0.4, -0.2) is 35.1 Å². The number of carbonyl (C=O) groups excluding carboxylic acids is 1. The molecule has 0 spiro atoms. The van der Waals surface area contributed by atoms with E-state index in [0.717, 1.165) is 35.1 Å². The minimum atomic E-state index is -0.347. The fourth-order valence-electron chi connectivity index (χ4n) is 3.01. The highest BCUT2D eigenvalue weighted by atomic mass is 16.3. The normalized spacial score (nSPS) is 20.1. The first kappa shape index (κ1) is 14.1. The summed E-state index contributed by atoms with van der Waals surface area (Å²) >= 11 is 0. The van der Waals surface area contributed by atoms with Crippen molar-refractivity contribution in [1.82, 2.24) is 4.90 Å². The summed E-state index contributed by atoms with van der Waals surface area (Å²) in [6.07, 6.45) is 2.59. The summed E-state index contributed by atoms with van der Waals surface area (Å²) in [6, 6.07) is 6.03. The van der Waals surface area contributed by atoms with Gasteiger partial charge in [0.05, 0.1) is 18.8 Å². The largest absolute Gasteiger partial charge is 0.464 e. The van der Waals surface area contributed by atoms with Gasteiger partial charge in [-0.3, -0.25) is 4.79 Å². The summed E-state index contributed by atoms with van der Waals surface area (Å²) in [4.78, 5) is 14.2. The Morgan fingerprint density at radius 1 is 1.52 bits per heavy atom. The SMILES string of the molecule is Cc1ccc2c(CC(=O)N3CCC(C(C)O)C3)coc2c1. The maximum Gasteiger partial charge on any atom is 0.227 e. The highest BCUT2D eigenvalue weighted by Gasteiger charge is 2.29. The van der Waals surface area contributed by atoms with Gasteiger partial charge in [0.15, 0.2) is 0 Å². The highest BCUT2D eigenvalue weighted by molar-refractivity contribution is 5.88. The molecule has 0 saturated carbocycles. The number of likely N-dealkylation sites (tertiary alicyclic amines) is 1. The van der Waals surface area contributed by atoms with E-state index in [1.54, 1.807) is 13.2 Å². The van der Waals surface area contributed by atoms with Crippen LogP contribution in [-0.2, 0) is 11.2 Å². The van der Waals surface area contributed by atoms with Crippen molar-refractivity contribution in [1.29, 1.82) is 0 Å². The zero-order chi connectivity index (χ0) is 15.0. The van der Waals surface area contributed by atoms with E-state index in [4.69, 9.17) is 4.42 Å². The first-order valence-corrected chi connectivity index (χ1v) is 7.47. The van der Waals surface area contributed by atoms with Gasteiger partial charge in [0.1, 0.15) is 5.58 Å². The topological polar surface area (TPSA) is 53.7 Å². The smallest absolute Gasteiger partial charge is 0.227 e. The quantitative estimate of drug-likeness (QED) is 0.943. The fourth-order valence-corrected chi connectivity index (χ4v) is 3.01. The van der Waals surface area contributed by atoms with Gasteiger partial charge in [-0.25, -0.2) is 0 Å². The molecule has 0 aliphatic carbocycles. The van der Waals surface area contributed by atoms with Gasteiger partial charge < -0.3 is 14.4 Å². The van der Waals surface area contributed by atoms with Gasteiger partial charge in [-0.1, -0.05) is 12.1 Å². The Kier molecular flexibility index (Phi) is 3.72. The van der Waals surface area contributed by atoms with Crippen molar-refractivity contribution in [3.05, 3.63) is 35.6 Å². The van der Waals surface area contributed by atoms with Gasteiger partial charge in [-0.2, -0.15) is 0 Å². The van der Waals surface area contributed by atoms with Crippen LogP contribution in [0.4, 0.5) is 0 Å². The minimum absolute atomic E-state index is 0.112. The van der Waals surface area contributed by atoms with E-state index in [1.165, 1.54) is 0 Å². The molecule has 4 nitrogen and oxygen atoms in total. The average Bonchev–Trinajstić information content (AvgIpc) is 3.06. The van der Waals surface area contributed by atoms with Crippen LogP contribution in [0.3, 0.4) is 0 Å². The third-order valence-corrected chi connectivity index (χ3v) is 4.41. The summed E-state index contributed by atoms with van der Waals surface area (Å²) in [6.45, 7) is 5.21. The molecular weight excluding hydrogens is 266 g/mol. The van der Waals surface area contributed by atoms with Gasteiger partial charge >= 0.3 is 0 Å². The second kappa shape index (κ2) is 5.53. The second-order valence-electron chi connectivity index (χ2n) is 6.07. The summed E-state index contributed by atoms with van der Waals surface area (Å²) < 4.78 is 5.54. The van der Waals surface area contributed by atoms with Crippen LogP contribution in [0.15, 0.2) is 28.9 Å². The maximum absolute atomic E-state index is 12.4. The first-order valence-electron chi connectivity index (χ1n) is 7.47. The average molecular weight is 287 g/mol. The number of nitrogens with zero attached hydrogens (tertiary/aromatic N) is 1. The van der Waals surface area contributed by atoms with Crippen LogP contribution in [0.25, 0.3) is 11.0 Å². The molecule has 2 unspecified atom stereocenters. The predicted octanol–water partition coefficient (Wildman–Crippen LogP) is 2.51. The number of aryl methyl sites for hydroxylation is 1. The van der Waals surface area contributed by atoms with Crippen molar-refractivity contribution in [2.75, 3.05) is 13.1 Å². The number of aliphatic hydroxyl groups excluding tert-OH is 1. The monoisotopic (exact) mass is 287 g/mol. The van der Waals surface area contributed by atoms with Crippen molar-refractivity contribution in [2.24, 2.45) is 5.92 Å². The van der Waals surface area contributed by atoms with Crippen LogP contribution in [0.2, 0.25) is 0 Å². The molecule has 2 aromatic rings. The van der Waals surface area contributed by atoms with Crippen LogP contribution in [0.1, 0.15) is 24.5 Å². The number of hydrogen-bond acceptors (Lipinski definition) is 3. The lowest BCUT2D eigenvalue weighted by atomic mass is 10.0. The number of furan rings is 1. The van der Waals surface area contributed by atoms with E-state index in [2.05, 4.69) is 0 Å². The molecule has 2 heterocycles. The molecule has 1 aromatic carbocycles. The molecule has 1 aliphatic heterocycles. The first-order chi connectivity index (χ1) is 10.0. The molecule has 1 saturated heterocycles. The van der Waals surface area contributed by atoms with Gasteiger partial charge in [-0.05, 0) is 31.9 Å². The molecule has 0 bridgehead atoms. The summed E-state index contributed by atoms with van der Waals surface area (Å²) in [5.41, 5.74) is 2.92. The van der Waals surface area contributed by atoms with Gasteiger partial charge in [-0.15, -0.1) is 0 Å². The Hall–Kier alpha value is -1.81. The van der Waals surface area contributed by atoms with Crippen molar-refractivity contribution in [3.8, 4) is 0 Å². The number of amides is 1. The molecule has 0 radical (unpaired) electrons. The number of hydrogen-bond donors (Lipinski definition) is 1. The lowest BCUT2D eigenvalue weighted by Crippen LogP contribution is -2.31. The predicted molar refractivity (Wildman–Crippen MR) is 81.0 cm³/mol. The van der Waals surface area contributed by atoms with E-state index in [9.17, 15) is 9.90 Å². The number of fused-ring (bicyclic) bond motifs is 1. The molecule has 3 rings (SSSR count). The van der Waals surface area contributed by atoms with Crippen LogP contribution in [0.5, 0.6) is 0 Å². The number of benzene rings is 1. The van der Waals surface area contributed by atoms with E-state index in [-0.39, 0.29) is 17.9 Å². The van der Waals surface area contributed by atoms with E-state index in [1.807, 2.05) is 30.0 Å². The van der Waals surface area contributed by atoms with Crippen LogP contribution < -0.4 is 0 Å². The third-order valence-electron chi connectivity index (χ3n) is 4.41. The maximum atomic E-state index is 12.4. The molecule has 2 atom stereocenters. The summed E-state index contributed by atoms with van der Waals surface area (Å²) in [5, 5.41) is 10.6. The molecule has 1 fully saturated rings. The molecule has 1 amide bonds. The van der Waals surface area contributed by atoms with E-state index >= 15 is 0 Å². The minimum Gasteiger partial charge on any atom is -0.464 e. The fraction of sp³-hybridized carbons (Fsp3) is 0.471. The zero-order valence-corrected chi connectivity index (χ0v) is 12.5. The van der Waals surface area contributed by atoms with Crippen molar-refractivity contribution in [3.63, 3.8) is 0 Å². The van der Waals surface area contributed by atoms with Crippen molar-refractivity contribution in [2.45, 2.75) is 32.8 Å². The van der Waals surface area contributed by atoms with E-state index in [0.29, 0.717) is 13.0 Å². The van der Waals surface area contributed by atoms with Gasteiger partial charge in [0, 0.05) is 30.0 Å². The van der Waals surface area contributed by atoms with Crippen LogP contribution >= 0.6 is 0 Å². The molecule has 1 aliphatic rings. The number of rotatable bonds is 3. The molecule has 112 valence electrons. The lowest BCUT2D eigenvalue weighted by Gasteiger charge is -2.17. The second-order valence-corrected chi connectivity index (χ2v) is 6.07. The van der Waals surface area contributed by atoms with E-state index < -0.39 is 0 Å². The molecule has 4 heteroatoms. The Labute approximate surface area is 124 Å². The summed E-state index contributed by atoms with van der Waals surface area (Å²) in [7, 11) is 0. The highest BCUT2D eigenvalue weighted by Crippen LogP contribution is 2.25. The Balaban J connectivity index is 1.72. The Morgan fingerprint density at radius 3 is 3.05 bits per heavy atom. The van der Waals surface area contributed by atoms with Crippen molar-refractivity contribution >= 4 is 16.9 Å². The summed E-state index contributed by atoms with van der Waals surface area (Å²) in [5.74, 6) is 0.319. The number of carbonyl (C=O) groups is 1. The standard InChI is InChI=1S/C17H21NO3/c1-11-3-4-15-14(10-21-16(15)7-11)8-17(20)18-6-5-13(9-18)12(2)19/h3-4,7,10,12-13,19H,5-6,8-9H2,1-2H3. The van der Waals surface area contributed by atoms with Gasteiger partial charge in [0.2, 0.25) is 5.91 Å². The Bertz CT molecular complexity index is 659. The Morgan fingerprint density at radius 2 is 2.33 bits per heavy atom. The number of aliphatic hydroxyl groups is 1. The third kappa shape index (κ3) is 2.81. The van der Waals surface area contributed by atoms with Crippen molar-refractivity contribution < 1.29 is 14.3 Å². The molecule has 1 aromatic heterocycles.